The Labute approximate surface area is 92.2 Å². The van der Waals surface area contributed by atoms with Gasteiger partial charge in [0.05, 0.1) is 0 Å². The summed E-state index contributed by atoms with van der Waals surface area (Å²) in [6, 6.07) is 0.355. The summed E-state index contributed by atoms with van der Waals surface area (Å²) in [7, 11) is 4.10. The molecule has 0 heterocycles. The zero-order chi connectivity index (χ0) is 11.1. The lowest BCUT2D eigenvalue weighted by Crippen LogP contribution is -2.48. The first-order valence-electron chi connectivity index (χ1n) is 4.87. The molecular formula is C9H22N4S. The van der Waals surface area contributed by atoms with Gasteiger partial charge in [0.25, 0.3) is 0 Å². The quantitative estimate of drug-likeness (QED) is 0.352. The van der Waals surface area contributed by atoms with E-state index in [2.05, 4.69) is 29.5 Å². The SMILES string of the molecule is CC(C)CC(CN(C)C)NC(=S)NN. The summed E-state index contributed by atoms with van der Waals surface area (Å²) in [5, 5.41) is 3.69. The molecule has 0 saturated carbocycles. The lowest BCUT2D eigenvalue weighted by atomic mass is 10.0. The average molecular weight is 218 g/mol. The molecule has 0 bridgehead atoms. The number of nitrogens with one attached hydrogen (secondary N) is 2. The number of thiocarbonyl (C=S) groups is 1. The van der Waals surface area contributed by atoms with Crippen LogP contribution in [-0.4, -0.2) is 36.7 Å². The molecule has 0 aliphatic carbocycles. The van der Waals surface area contributed by atoms with Gasteiger partial charge in [-0.2, -0.15) is 0 Å². The normalized spacial score (nSPS) is 13.1. The number of hydrogen-bond acceptors (Lipinski definition) is 3. The second-order valence-electron chi connectivity index (χ2n) is 4.21. The molecule has 0 aromatic rings. The Morgan fingerprint density at radius 2 is 2.00 bits per heavy atom. The molecule has 0 aromatic carbocycles. The van der Waals surface area contributed by atoms with Gasteiger partial charge in [-0.3, -0.25) is 0 Å². The molecule has 4 nitrogen and oxygen atoms in total. The van der Waals surface area contributed by atoms with E-state index in [1.54, 1.807) is 0 Å². The van der Waals surface area contributed by atoms with Gasteiger partial charge in [0.2, 0.25) is 0 Å². The van der Waals surface area contributed by atoms with Crippen molar-refractivity contribution in [3.05, 3.63) is 0 Å². The Kier molecular flexibility index (Phi) is 6.78. The van der Waals surface area contributed by atoms with Gasteiger partial charge >= 0.3 is 0 Å². The van der Waals surface area contributed by atoms with Gasteiger partial charge in [-0.05, 0) is 38.7 Å². The number of hydrazine groups is 1. The maximum atomic E-state index is 5.21. The van der Waals surface area contributed by atoms with Crippen molar-refractivity contribution < 1.29 is 0 Å². The summed E-state index contributed by atoms with van der Waals surface area (Å²) in [5.74, 6) is 5.86. The molecule has 0 spiro atoms. The summed E-state index contributed by atoms with van der Waals surface area (Å²) >= 11 is 4.97. The van der Waals surface area contributed by atoms with Gasteiger partial charge in [-0.1, -0.05) is 13.8 Å². The molecular weight excluding hydrogens is 196 g/mol. The largest absolute Gasteiger partial charge is 0.358 e. The van der Waals surface area contributed by atoms with Crippen LogP contribution in [0.25, 0.3) is 0 Å². The fourth-order valence-corrected chi connectivity index (χ4v) is 1.58. The summed E-state index contributed by atoms with van der Waals surface area (Å²) in [4.78, 5) is 2.14. The molecule has 0 aliphatic rings. The topological polar surface area (TPSA) is 53.3 Å². The van der Waals surface area contributed by atoms with Crippen molar-refractivity contribution in [1.82, 2.24) is 15.6 Å². The Morgan fingerprint density at radius 3 is 2.36 bits per heavy atom. The number of rotatable bonds is 5. The van der Waals surface area contributed by atoms with Crippen LogP contribution in [0.1, 0.15) is 20.3 Å². The lowest BCUT2D eigenvalue weighted by Gasteiger charge is -2.24. The highest BCUT2D eigenvalue weighted by molar-refractivity contribution is 7.80. The van der Waals surface area contributed by atoms with Crippen LogP contribution in [0, 0.1) is 5.92 Å². The lowest BCUT2D eigenvalue weighted by molar-refractivity contribution is 0.327. The smallest absolute Gasteiger partial charge is 0.180 e. The van der Waals surface area contributed by atoms with Gasteiger partial charge in [-0.15, -0.1) is 0 Å². The van der Waals surface area contributed by atoms with Crippen molar-refractivity contribution in [3.63, 3.8) is 0 Å². The van der Waals surface area contributed by atoms with Gasteiger partial charge in [0.1, 0.15) is 0 Å². The maximum Gasteiger partial charge on any atom is 0.180 e. The van der Waals surface area contributed by atoms with Crippen molar-refractivity contribution in [2.75, 3.05) is 20.6 Å². The third-order valence-corrected chi connectivity index (χ3v) is 2.04. The van der Waals surface area contributed by atoms with Crippen molar-refractivity contribution in [3.8, 4) is 0 Å². The molecule has 4 N–H and O–H groups in total. The standard InChI is InChI=1S/C9H22N4S/c1-7(2)5-8(6-13(3)4)11-9(14)12-10/h7-8H,5-6,10H2,1-4H3,(H2,11,12,14). The van der Waals surface area contributed by atoms with E-state index in [1.165, 1.54) is 0 Å². The van der Waals surface area contributed by atoms with Gasteiger partial charge in [0, 0.05) is 12.6 Å². The molecule has 0 aromatic heterocycles. The summed E-state index contributed by atoms with van der Waals surface area (Å²) in [6.07, 6.45) is 1.08. The molecule has 14 heavy (non-hydrogen) atoms. The second kappa shape index (κ2) is 6.98. The molecule has 1 unspecified atom stereocenters. The minimum atomic E-state index is 0.355. The van der Waals surface area contributed by atoms with Crippen LogP contribution in [0.3, 0.4) is 0 Å². The molecule has 5 heteroatoms. The van der Waals surface area contributed by atoms with Crippen LogP contribution in [0.4, 0.5) is 0 Å². The number of hydrogen-bond donors (Lipinski definition) is 3. The highest BCUT2D eigenvalue weighted by Gasteiger charge is 2.12. The summed E-state index contributed by atoms with van der Waals surface area (Å²) < 4.78 is 0. The van der Waals surface area contributed by atoms with Gasteiger partial charge < -0.3 is 15.6 Å². The van der Waals surface area contributed by atoms with Crippen molar-refractivity contribution in [2.45, 2.75) is 26.3 Å². The third-order valence-electron chi connectivity index (χ3n) is 1.81. The minimum Gasteiger partial charge on any atom is -0.358 e. The summed E-state index contributed by atoms with van der Waals surface area (Å²) in [6.45, 7) is 5.35. The first-order chi connectivity index (χ1) is 6.45. The summed E-state index contributed by atoms with van der Waals surface area (Å²) in [5.41, 5.74) is 2.44. The van der Waals surface area contributed by atoms with E-state index in [-0.39, 0.29) is 0 Å². The first-order valence-corrected chi connectivity index (χ1v) is 5.28. The first kappa shape index (κ1) is 13.6. The second-order valence-corrected chi connectivity index (χ2v) is 4.61. The maximum absolute atomic E-state index is 5.21. The molecule has 0 saturated heterocycles. The van der Waals surface area contributed by atoms with Crippen LogP contribution in [0.15, 0.2) is 0 Å². The van der Waals surface area contributed by atoms with E-state index >= 15 is 0 Å². The van der Waals surface area contributed by atoms with Crippen molar-refractivity contribution >= 4 is 17.3 Å². The number of nitrogens with zero attached hydrogens (tertiary/aromatic N) is 1. The van der Waals surface area contributed by atoms with Gasteiger partial charge in [0.15, 0.2) is 5.11 Å². The van der Waals surface area contributed by atoms with Gasteiger partial charge in [-0.25, -0.2) is 5.84 Å². The Morgan fingerprint density at radius 1 is 1.43 bits per heavy atom. The minimum absolute atomic E-state index is 0.355. The molecule has 0 rings (SSSR count). The molecule has 84 valence electrons. The van der Waals surface area contributed by atoms with E-state index < -0.39 is 0 Å². The van der Waals surface area contributed by atoms with Crippen molar-refractivity contribution in [2.24, 2.45) is 11.8 Å². The van der Waals surface area contributed by atoms with E-state index in [0.717, 1.165) is 13.0 Å². The molecule has 0 amide bonds. The monoisotopic (exact) mass is 218 g/mol. The molecule has 0 radical (unpaired) electrons. The van der Waals surface area contributed by atoms with Crippen LogP contribution in [0.2, 0.25) is 0 Å². The van der Waals surface area contributed by atoms with Crippen LogP contribution < -0.4 is 16.6 Å². The average Bonchev–Trinajstić information content (AvgIpc) is 2.01. The number of likely N-dealkylation sites (N-methyl/N-ethyl adjacent to an activating group) is 1. The molecule has 0 fully saturated rings. The highest BCUT2D eigenvalue weighted by atomic mass is 32.1. The van der Waals surface area contributed by atoms with Crippen molar-refractivity contribution in [1.29, 1.82) is 0 Å². The van der Waals surface area contributed by atoms with Crippen LogP contribution >= 0.6 is 12.2 Å². The van der Waals surface area contributed by atoms with E-state index in [9.17, 15) is 0 Å². The van der Waals surface area contributed by atoms with E-state index in [4.69, 9.17) is 18.1 Å². The molecule has 0 aliphatic heterocycles. The fourth-order valence-electron chi connectivity index (χ4n) is 1.42. The fraction of sp³-hybridized carbons (Fsp3) is 0.889. The zero-order valence-electron chi connectivity index (χ0n) is 9.50. The van der Waals surface area contributed by atoms with Crippen LogP contribution in [-0.2, 0) is 0 Å². The highest BCUT2D eigenvalue weighted by Crippen LogP contribution is 2.05. The van der Waals surface area contributed by atoms with E-state index in [1.807, 2.05) is 14.1 Å². The Hall–Kier alpha value is -0.390. The Bertz CT molecular complexity index is 160. The molecule has 1 atom stereocenters. The third kappa shape index (κ3) is 7.06. The predicted molar refractivity (Wildman–Crippen MR) is 64.9 cm³/mol. The Balaban J connectivity index is 4.03. The zero-order valence-corrected chi connectivity index (χ0v) is 10.3. The number of nitrogens with two attached hydrogens (primary N) is 1. The van der Waals surface area contributed by atoms with Crippen LogP contribution in [0.5, 0.6) is 0 Å². The predicted octanol–water partition coefficient (Wildman–Crippen LogP) is 0.301. The van der Waals surface area contributed by atoms with E-state index in [0.29, 0.717) is 17.1 Å².